The molecule has 1 N–H and O–H groups in total. The van der Waals surface area contributed by atoms with E-state index in [9.17, 15) is 17.6 Å². The van der Waals surface area contributed by atoms with Crippen molar-refractivity contribution in [3.63, 3.8) is 0 Å². The van der Waals surface area contributed by atoms with E-state index in [-0.39, 0.29) is 44.4 Å². The van der Waals surface area contributed by atoms with Gasteiger partial charge in [-0.05, 0) is 44.0 Å². The molecule has 1 saturated heterocycles. The normalized spacial score (nSPS) is 15.2. The number of nitrogens with zero attached hydrogens (tertiary/aromatic N) is 2. The largest absolute Gasteiger partial charge is 0.360 e. The Hall–Kier alpha value is -2.75. The van der Waals surface area contributed by atoms with Gasteiger partial charge in [-0.25, -0.2) is 17.5 Å². The van der Waals surface area contributed by atoms with Crippen LogP contribution < -0.4 is 4.72 Å². The summed E-state index contributed by atoms with van der Waals surface area (Å²) in [5.41, 5.74) is 0.225. The van der Waals surface area contributed by atoms with Gasteiger partial charge in [0, 0.05) is 19.1 Å². The maximum Gasteiger partial charge on any atom is 0.259 e. The van der Waals surface area contributed by atoms with Gasteiger partial charge in [0.15, 0.2) is 0 Å². The van der Waals surface area contributed by atoms with E-state index in [4.69, 9.17) is 16.1 Å². The first-order valence-electron chi connectivity index (χ1n) is 10.0. The van der Waals surface area contributed by atoms with Crippen LogP contribution in [0, 0.1) is 12.7 Å². The van der Waals surface area contributed by atoms with E-state index >= 15 is 0 Å². The lowest BCUT2D eigenvalue weighted by Crippen LogP contribution is -2.46. The summed E-state index contributed by atoms with van der Waals surface area (Å²) in [6, 6.07) is 12.1. The smallest absolute Gasteiger partial charge is 0.259 e. The summed E-state index contributed by atoms with van der Waals surface area (Å²) >= 11 is 6.16. The average molecular weight is 478 g/mol. The highest BCUT2D eigenvalue weighted by atomic mass is 35.5. The summed E-state index contributed by atoms with van der Waals surface area (Å²) in [5, 5.41) is 4.01. The lowest BCUT2D eigenvalue weighted by atomic mass is 10.0. The van der Waals surface area contributed by atoms with Gasteiger partial charge in [-0.3, -0.25) is 4.79 Å². The highest BCUT2D eigenvalue weighted by Gasteiger charge is 2.32. The van der Waals surface area contributed by atoms with Crippen molar-refractivity contribution >= 4 is 27.5 Å². The number of rotatable bonds is 5. The second-order valence-corrected chi connectivity index (χ2v) is 9.68. The predicted octanol–water partition coefficient (Wildman–Crippen LogP) is 4.03. The van der Waals surface area contributed by atoms with Crippen LogP contribution in [0.5, 0.6) is 0 Å². The van der Waals surface area contributed by atoms with Crippen LogP contribution in [-0.2, 0) is 10.0 Å². The number of carbonyl (C=O) groups is 1. The Balaban J connectivity index is 1.49. The molecule has 1 aromatic heterocycles. The Labute approximate surface area is 190 Å². The van der Waals surface area contributed by atoms with Gasteiger partial charge in [-0.1, -0.05) is 41.0 Å². The number of aromatic nitrogens is 1. The third kappa shape index (κ3) is 4.41. The standard InChI is InChI=1S/C22H21ClFN3O4S/c1-14-19(21(25-31-14)20-17(23)8-5-9-18(20)24)22(28)27-12-10-15(11-13-27)26-32(29,30)16-6-3-2-4-7-16/h2-9,15,26H,10-13H2,1H3. The van der Waals surface area contributed by atoms with Crippen LogP contribution in [0.25, 0.3) is 11.3 Å². The third-order valence-electron chi connectivity index (χ3n) is 5.43. The topological polar surface area (TPSA) is 92.5 Å². The van der Waals surface area contributed by atoms with Crippen molar-refractivity contribution in [1.29, 1.82) is 0 Å². The summed E-state index contributed by atoms with van der Waals surface area (Å²) in [7, 11) is -3.63. The van der Waals surface area contributed by atoms with E-state index in [1.54, 1.807) is 30.0 Å². The van der Waals surface area contributed by atoms with Gasteiger partial charge in [-0.2, -0.15) is 0 Å². The number of aryl methyl sites for hydroxylation is 1. The van der Waals surface area contributed by atoms with E-state index < -0.39 is 15.8 Å². The highest BCUT2D eigenvalue weighted by molar-refractivity contribution is 7.89. The Morgan fingerprint density at radius 3 is 2.50 bits per heavy atom. The van der Waals surface area contributed by atoms with Gasteiger partial charge < -0.3 is 9.42 Å². The molecule has 0 atom stereocenters. The summed E-state index contributed by atoms with van der Waals surface area (Å²) in [4.78, 5) is 15.0. The Kier molecular flexibility index (Phi) is 6.32. The summed E-state index contributed by atoms with van der Waals surface area (Å²) in [5.74, 6) is -0.701. The average Bonchev–Trinajstić information content (AvgIpc) is 3.15. The van der Waals surface area contributed by atoms with Crippen LogP contribution >= 0.6 is 11.6 Å². The number of carbonyl (C=O) groups excluding carboxylic acids is 1. The second kappa shape index (κ2) is 9.01. The zero-order valence-corrected chi connectivity index (χ0v) is 18.8. The fourth-order valence-electron chi connectivity index (χ4n) is 3.76. The Morgan fingerprint density at radius 2 is 1.84 bits per heavy atom. The maximum atomic E-state index is 14.4. The van der Waals surface area contributed by atoms with Crippen LogP contribution in [-0.4, -0.2) is 43.5 Å². The molecule has 4 rings (SSSR count). The first-order chi connectivity index (χ1) is 15.3. The molecular formula is C22H21ClFN3O4S. The zero-order valence-electron chi connectivity index (χ0n) is 17.2. The number of amides is 1. The van der Waals surface area contributed by atoms with Crippen molar-refractivity contribution in [2.45, 2.75) is 30.7 Å². The lowest BCUT2D eigenvalue weighted by Gasteiger charge is -2.32. The van der Waals surface area contributed by atoms with Gasteiger partial charge in [0.1, 0.15) is 22.8 Å². The van der Waals surface area contributed by atoms with Crippen molar-refractivity contribution in [3.05, 3.63) is 70.7 Å². The molecule has 32 heavy (non-hydrogen) atoms. The molecule has 0 spiro atoms. The van der Waals surface area contributed by atoms with Crippen molar-refractivity contribution in [2.24, 2.45) is 0 Å². The van der Waals surface area contributed by atoms with Crippen molar-refractivity contribution < 1.29 is 22.1 Å². The van der Waals surface area contributed by atoms with Gasteiger partial charge in [0.2, 0.25) is 10.0 Å². The van der Waals surface area contributed by atoms with E-state index in [1.165, 1.54) is 30.3 Å². The molecule has 7 nitrogen and oxygen atoms in total. The maximum absolute atomic E-state index is 14.4. The van der Waals surface area contributed by atoms with Crippen molar-refractivity contribution in [2.75, 3.05) is 13.1 Å². The van der Waals surface area contributed by atoms with E-state index in [2.05, 4.69) is 9.88 Å². The molecule has 1 aliphatic heterocycles. The Morgan fingerprint density at radius 1 is 1.16 bits per heavy atom. The molecule has 1 amide bonds. The van der Waals surface area contributed by atoms with Crippen molar-refractivity contribution in [3.8, 4) is 11.3 Å². The minimum absolute atomic E-state index is 0.0138. The van der Waals surface area contributed by atoms with Crippen LogP contribution in [0.2, 0.25) is 5.02 Å². The molecule has 168 valence electrons. The van der Waals surface area contributed by atoms with Crippen molar-refractivity contribution in [1.82, 2.24) is 14.8 Å². The number of likely N-dealkylation sites (tertiary alicyclic amines) is 1. The van der Waals surface area contributed by atoms with Crippen LogP contribution in [0.15, 0.2) is 57.9 Å². The number of halogens is 2. The van der Waals surface area contributed by atoms with Crippen LogP contribution in [0.1, 0.15) is 29.0 Å². The molecular weight excluding hydrogens is 457 g/mol. The third-order valence-corrected chi connectivity index (χ3v) is 7.29. The molecule has 2 heterocycles. The molecule has 1 aliphatic rings. The molecule has 10 heteroatoms. The summed E-state index contributed by atoms with van der Waals surface area (Å²) < 4.78 is 47.4. The summed E-state index contributed by atoms with van der Waals surface area (Å²) in [6.45, 7) is 2.24. The highest BCUT2D eigenvalue weighted by Crippen LogP contribution is 2.34. The summed E-state index contributed by atoms with van der Waals surface area (Å²) in [6.07, 6.45) is 0.885. The fraction of sp³-hybridized carbons (Fsp3) is 0.273. The van der Waals surface area contributed by atoms with Gasteiger partial charge in [-0.15, -0.1) is 0 Å². The van der Waals surface area contributed by atoms with Crippen LogP contribution in [0.4, 0.5) is 4.39 Å². The van der Waals surface area contributed by atoms with E-state index in [1.807, 2.05) is 0 Å². The van der Waals surface area contributed by atoms with Gasteiger partial charge >= 0.3 is 0 Å². The lowest BCUT2D eigenvalue weighted by molar-refractivity contribution is 0.0710. The van der Waals surface area contributed by atoms with Gasteiger partial charge in [0.05, 0.1) is 15.5 Å². The SMILES string of the molecule is Cc1onc(-c2c(F)cccc2Cl)c1C(=O)N1CCC(NS(=O)(=O)c2ccccc2)CC1. The number of nitrogens with one attached hydrogen (secondary N) is 1. The molecule has 0 aliphatic carbocycles. The first kappa shape index (κ1) is 22.4. The number of hydrogen-bond donors (Lipinski definition) is 1. The monoisotopic (exact) mass is 477 g/mol. The number of hydrogen-bond acceptors (Lipinski definition) is 5. The predicted molar refractivity (Wildman–Crippen MR) is 117 cm³/mol. The molecule has 3 aromatic rings. The molecule has 0 bridgehead atoms. The minimum atomic E-state index is -3.63. The molecule has 0 radical (unpaired) electrons. The number of piperidine rings is 1. The first-order valence-corrected chi connectivity index (χ1v) is 11.9. The molecule has 0 saturated carbocycles. The number of sulfonamides is 1. The second-order valence-electron chi connectivity index (χ2n) is 7.56. The molecule has 2 aromatic carbocycles. The number of benzene rings is 2. The molecule has 1 fully saturated rings. The Bertz CT molecular complexity index is 1220. The minimum Gasteiger partial charge on any atom is -0.360 e. The fourth-order valence-corrected chi connectivity index (χ4v) is 5.34. The van der Waals surface area contributed by atoms with Gasteiger partial charge in [0.25, 0.3) is 5.91 Å². The zero-order chi connectivity index (χ0) is 22.9. The molecule has 0 unspecified atom stereocenters. The van der Waals surface area contributed by atoms with E-state index in [0.717, 1.165) is 0 Å². The quantitative estimate of drug-likeness (QED) is 0.599. The van der Waals surface area contributed by atoms with E-state index in [0.29, 0.717) is 25.9 Å². The van der Waals surface area contributed by atoms with Crippen LogP contribution in [0.3, 0.4) is 0 Å².